The number of nitrogens with one attached hydrogen (secondary N) is 1. The van der Waals surface area contributed by atoms with Crippen LogP contribution >= 0.6 is 0 Å². The Balaban J connectivity index is 1.83. The minimum Gasteiger partial charge on any atom is -0.494 e. The number of benzene rings is 1. The maximum absolute atomic E-state index is 13.4. The Morgan fingerprint density at radius 1 is 1.24 bits per heavy atom. The second-order valence-corrected chi connectivity index (χ2v) is 6.32. The molecule has 0 radical (unpaired) electrons. The zero-order valence-corrected chi connectivity index (χ0v) is 13.5. The van der Waals surface area contributed by atoms with E-state index in [-0.39, 0.29) is 11.9 Å². The third kappa shape index (κ3) is 4.44. The summed E-state index contributed by atoms with van der Waals surface area (Å²) < 4.78 is 18.5. The standard InChI is InChI=1S/C18H28FNO/c1-4-14-5-7-15(8-6-14)12-20-13(2)16-9-10-17(19)18(11-16)21-3/h9-11,13-15,20H,4-8,12H2,1-3H3. The lowest BCUT2D eigenvalue weighted by Gasteiger charge is -2.29. The first kappa shape index (κ1) is 16.3. The Morgan fingerprint density at radius 3 is 2.52 bits per heavy atom. The predicted molar refractivity (Wildman–Crippen MR) is 85.1 cm³/mol. The van der Waals surface area contributed by atoms with Gasteiger partial charge in [-0.25, -0.2) is 4.39 Å². The molecule has 0 bridgehead atoms. The largest absolute Gasteiger partial charge is 0.494 e. The molecule has 21 heavy (non-hydrogen) atoms. The molecule has 1 aromatic rings. The van der Waals surface area contributed by atoms with Crippen LogP contribution in [0.4, 0.5) is 4.39 Å². The smallest absolute Gasteiger partial charge is 0.165 e. The molecular weight excluding hydrogens is 265 g/mol. The van der Waals surface area contributed by atoms with E-state index < -0.39 is 0 Å². The third-order valence-electron chi connectivity index (χ3n) is 4.93. The lowest BCUT2D eigenvalue weighted by molar-refractivity contribution is 0.258. The average Bonchev–Trinajstić information content (AvgIpc) is 2.53. The number of hydrogen-bond acceptors (Lipinski definition) is 2. The van der Waals surface area contributed by atoms with Gasteiger partial charge in [0.1, 0.15) is 0 Å². The second kappa shape index (κ2) is 7.79. The zero-order chi connectivity index (χ0) is 15.2. The third-order valence-corrected chi connectivity index (χ3v) is 4.93. The molecule has 118 valence electrons. The molecule has 0 aromatic heterocycles. The van der Waals surface area contributed by atoms with Crippen LogP contribution in [-0.4, -0.2) is 13.7 Å². The second-order valence-electron chi connectivity index (χ2n) is 6.32. The van der Waals surface area contributed by atoms with Gasteiger partial charge in [0.25, 0.3) is 0 Å². The zero-order valence-electron chi connectivity index (χ0n) is 13.5. The van der Waals surface area contributed by atoms with Gasteiger partial charge in [0.2, 0.25) is 0 Å². The van der Waals surface area contributed by atoms with Crippen molar-refractivity contribution in [1.82, 2.24) is 5.32 Å². The SMILES string of the molecule is CCC1CCC(CNC(C)c2ccc(F)c(OC)c2)CC1. The fourth-order valence-electron chi connectivity index (χ4n) is 3.25. The van der Waals surface area contributed by atoms with Crippen LogP contribution in [0.3, 0.4) is 0 Å². The summed E-state index contributed by atoms with van der Waals surface area (Å²) in [5.74, 6) is 1.76. The van der Waals surface area contributed by atoms with E-state index in [0.717, 1.165) is 23.9 Å². The predicted octanol–water partition coefficient (Wildman–Crippen LogP) is 4.70. The molecule has 1 fully saturated rings. The van der Waals surface area contributed by atoms with Gasteiger partial charge in [-0.15, -0.1) is 0 Å². The van der Waals surface area contributed by atoms with Gasteiger partial charge in [-0.2, -0.15) is 0 Å². The van der Waals surface area contributed by atoms with Crippen molar-refractivity contribution >= 4 is 0 Å². The first-order valence-corrected chi connectivity index (χ1v) is 8.20. The van der Waals surface area contributed by atoms with Crippen LogP contribution in [-0.2, 0) is 0 Å². The summed E-state index contributed by atoms with van der Waals surface area (Å²) in [6.07, 6.45) is 6.76. The Labute approximate surface area is 128 Å². The lowest BCUT2D eigenvalue weighted by atomic mass is 9.81. The average molecular weight is 293 g/mol. The molecule has 2 nitrogen and oxygen atoms in total. The van der Waals surface area contributed by atoms with Gasteiger partial charge in [0.15, 0.2) is 11.6 Å². The molecule has 1 aromatic carbocycles. The molecule has 0 saturated heterocycles. The van der Waals surface area contributed by atoms with E-state index in [1.165, 1.54) is 45.3 Å². The summed E-state index contributed by atoms with van der Waals surface area (Å²) in [5, 5.41) is 3.59. The molecule has 1 aliphatic carbocycles. The van der Waals surface area contributed by atoms with Gasteiger partial charge in [0.05, 0.1) is 7.11 Å². The summed E-state index contributed by atoms with van der Waals surface area (Å²) in [5.41, 5.74) is 1.08. The van der Waals surface area contributed by atoms with Crippen molar-refractivity contribution in [3.63, 3.8) is 0 Å². The molecule has 0 amide bonds. The van der Waals surface area contributed by atoms with Crippen LogP contribution in [0.2, 0.25) is 0 Å². The monoisotopic (exact) mass is 293 g/mol. The van der Waals surface area contributed by atoms with Crippen LogP contribution in [0.5, 0.6) is 5.75 Å². The number of hydrogen-bond donors (Lipinski definition) is 1. The summed E-state index contributed by atoms with van der Waals surface area (Å²) in [6.45, 7) is 5.48. The van der Waals surface area contributed by atoms with Gasteiger partial charge in [-0.05, 0) is 55.8 Å². The first-order valence-electron chi connectivity index (χ1n) is 8.20. The van der Waals surface area contributed by atoms with E-state index >= 15 is 0 Å². The van der Waals surface area contributed by atoms with E-state index in [0.29, 0.717) is 5.75 Å². The molecule has 1 saturated carbocycles. The summed E-state index contributed by atoms with van der Waals surface area (Å²) in [7, 11) is 1.51. The maximum Gasteiger partial charge on any atom is 0.165 e. The molecule has 2 rings (SSSR count). The van der Waals surface area contributed by atoms with E-state index in [1.807, 2.05) is 6.07 Å². The summed E-state index contributed by atoms with van der Waals surface area (Å²) >= 11 is 0. The molecule has 1 unspecified atom stereocenters. The van der Waals surface area contributed by atoms with Crippen molar-refractivity contribution in [3.8, 4) is 5.75 Å². The molecular formula is C18H28FNO. The fraction of sp³-hybridized carbons (Fsp3) is 0.667. The van der Waals surface area contributed by atoms with Crippen molar-refractivity contribution in [2.75, 3.05) is 13.7 Å². The van der Waals surface area contributed by atoms with Crippen LogP contribution in [0.15, 0.2) is 18.2 Å². The highest BCUT2D eigenvalue weighted by Crippen LogP contribution is 2.30. The normalized spacial score (nSPS) is 23.8. The Kier molecular flexibility index (Phi) is 6.04. The van der Waals surface area contributed by atoms with E-state index in [9.17, 15) is 4.39 Å². The van der Waals surface area contributed by atoms with Crippen molar-refractivity contribution in [2.24, 2.45) is 11.8 Å². The van der Waals surface area contributed by atoms with Crippen LogP contribution in [0, 0.1) is 17.7 Å². The first-order chi connectivity index (χ1) is 10.1. The van der Waals surface area contributed by atoms with Crippen LogP contribution in [0.25, 0.3) is 0 Å². The number of rotatable bonds is 6. The van der Waals surface area contributed by atoms with Crippen molar-refractivity contribution in [2.45, 2.75) is 52.0 Å². The summed E-state index contributed by atoms with van der Waals surface area (Å²) in [6, 6.07) is 5.34. The number of ether oxygens (including phenoxy) is 1. The van der Waals surface area contributed by atoms with Gasteiger partial charge in [-0.3, -0.25) is 0 Å². The quantitative estimate of drug-likeness (QED) is 0.820. The van der Waals surface area contributed by atoms with Crippen molar-refractivity contribution < 1.29 is 9.13 Å². The molecule has 0 heterocycles. The molecule has 1 N–H and O–H groups in total. The molecule has 3 heteroatoms. The Bertz CT molecular complexity index is 441. The number of halogens is 1. The maximum atomic E-state index is 13.4. The van der Waals surface area contributed by atoms with E-state index in [1.54, 1.807) is 6.07 Å². The lowest BCUT2D eigenvalue weighted by Crippen LogP contribution is -2.28. The highest BCUT2D eigenvalue weighted by molar-refractivity contribution is 5.31. The van der Waals surface area contributed by atoms with Crippen molar-refractivity contribution in [3.05, 3.63) is 29.6 Å². The minimum atomic E-state index is -0.300. The highest BCUT2D eigenvalue weighted by Gasteiger charge is 2.20. The minimum absolute atomic E-state index is 0.225. The highest BCUT2D eigenvalue weighted by atomic mass is 19.1. The fourth-order valence-corrected chi connectivity index (χ4v) is 3.25. The van der Waals surface area contributed by atoms with Crippen LogP contribution in [0.1, 0.15) is 57.6 Å². The van der Waals surface area contributed by atoms with E-state index in [2.05, 4.69) is 19.2 Å². The Hall–Kier alpha value is -1.09. The van der Waals surface area contributed by atoms with Gasteiger partial charge in [0, 0.05) is 6.04 Å². The van der Waals surface area contributed by atoms with Crippen LogP contribution < -0.4 is 10.1 Å². The van der Waals surface area contributed by atoms with Gasteiger partial charge in [-0.1, -0.05) is 32.3 Å². The molecule has 1 atom stereocenters. The molecule has 1 aliphatic rings. The Morgan fingerprint density at radius 2 is 1.90 bits per heavy atom. The summed E-state index contributed by atoms with van der Waals surface area (Å²) in [4.78, 5) is 0. The van der Waals surface area contributed by atoms with Gasteiger partial charge >= 0.3 is 0 Å². The van der Waals surface area contributed by atoms with E-state index in [4.69, 9.17) is 4.74 Å². The number of methoxy groups -OCH3 is 1. The molecule has 0 aliphatic heterocycles. The van der Waals surface area contributed by atoms with Crippen molar-refractivity contribution in [1.29, 1.82) is 0 Å². The topological polar surface area (TPSA) is 21.3 Å². The van der Waals surface area contributed by atoms with Gasteiger partial charge < -0.3 is 10.1 Å². The molecule has 0 spiro atoms.